The lowest BCUT2D eigenvalue weighted by atomic mass is 9.89. The minimum Gasteiger partial charge on any atom is -0.334 e. The molecular formula is C31H37NOS2. The van der Waals surface area contributed by atoms with Crippen LogP contribution >= 0.6 is 23.5 Å². The van der Waals surface area contributed by atoms with E-state index in [9.17, 15) is 4.79 Å². The average Bonchev–Trinajstić information content (AvgIpc) is 3.22. The number of benzene rings is 3. The van der Waals surface area contributed by atoms with Gasteiger partial charge in [0, 0.05) is 40.5 Å². The fraction of sp³-hybridized carbons (Fsp3) is 0.387. The largest absolute Gasteiger partial charge is 0.334 e. The summed E-state index contributed by atoms with van der Waals surface area (Å²) in [7, 11) is 0. The maximum atomic E-state index is 13.8. The van der Waals surface area contributed by atoms with Gasteiger partial charge in [-0.25, -0.2) is 0 Å². The summed E-state index contributed by atoms with van der Waals surface area (Å²) in [5.41, 5.74) is 3.91. The Bertz CT molecular complexity index is 1040. The number of rotatable bonds is 12. The summed E-state index contributed by atoms with van der Waals surface area (Å²) in [6.45, 7) is 5.33. The van der Waals surface area contributed by atoms with Crippen LogP contribution in [0.25, 0.3) is 0 Å². The number of carbonyl (C=O) groups excluding carboxylic acids is 1. The zero-order valence-corrected chi connectivity index (χ0v) is 22.6. The Labute approximate surface area is 219 Å². The van der Waals surface area contributed by atoms with Crippen LogP contribution in [0.3, 0.4) is 0 Å². The van der Waals surface area contributed by atoms with E-state index in [1.54, 1.807) is 0 Å². The number of thioether (sulfide) groups is 2. The first-order valence-corrected chi connectivity index (χ1v) is 14.9. The van der Waals surface area contributed by atoms with Gasteiger partial charge < -0.3 is 4.90 Å². The number of amides is 1. The molecule has 1 saturated heterocycles. The molecule has 0 aliphatic carbocycles. The van der Waals surface area contributed by atoms with E-state index >= 15 is 0 Å². The van der Waals surface area contributed by atoms with Gasteiger partial charge in [-0.2, -0.15) is 11.8 Å². The third-order valence-electron chi connectivity index (χ3n) is 7.32. The molecule has 3 aromatic carbocycles. The van der Waals surface area contributed by atoms with Crippen molar-refractivity contribution in [2.45, 2.75) is 61.9 Å². The Kier molecular flexibility index (Phi) is 9.39. The van der Waals surface area contributed by atoms with Gasteiger partial charge in [0.25, 0.3) is 0 Å². The second kappa shape index (κ2) is 12.7. The van der Waals surface area contributed by atoms with E-state index in [1.165, 1.54) is 16.7 Å². The molecule has 0 N–H and O–H groups in total. The van der Waals surface area contributed by atoms with Crippen LogP contribution in [0.2, 0.25) is 0 Å². The van der Waals surface area contributed by atoms with Gasteiger partial charge in [0.05, 0.1) is 0 Å². The van der Waals surface area contributed by atoms with Gasteiger partial charge >= 0.3 is 0 Å². The van der Waals surface area contributed by atoms with Crippen molar-refractivity contribution in [3.05, 3.63) is 108 Å². The predicted octanol–water partition coefficient (Wildman–Crippen LogP) is 7.83. The number of nitrogens with zero attached hydrogens (tertiary/aromatic N) is 1. The average molecular weight is 504 g/mol. The lowest BCUT2D eigenvalue weighted by Gasteiger charge is -2.42. The van der Waals surface area contributed by atoms with E-state index < -0.39 is 0 Å². The standard InChI is InChI=1S/C31H37NOS2/c1-3-31(4-2,35-23-27-18-12-7-13-19-27)29-20-28(24-34-22-26-16-10-6-11-17-26)30(33)32(29)21-25-14-8-5-9-15-25/h5-19,28-29H,3-4,20-24H2,1-2H3. The topological polar surface area (TPSA) is 20.3 Å². The molecule has 2 nitrogen and oxygen atoms in total. The van der Waals surface area contributed by atoms with Gasteiger partial charge in [0.15, 0.2) is 0 Å². The SMILES string of the molecule is CCC(CC)(SCc1ccccc1)C1CC(CSCc2ccccc2)C(=O)N1Cc1ccccc1. The predicted molar refractivity (Wildman–Crippen MR) is 153 cm³/mol. The second-order valence-corrected chi connectivity index (χ2v) is 11.9. The highest BCUT2D eigenvalue weighted by molar-refractivity contribution is 8.00. The highest BCUT2D eigenvalue weighted by Gasteiger charge is 2.49. The lowest BCUT2D eigenvalue weighted by Crippen LogP contribution is -2.48. The molecular weight excluding hydrogens is 466 g/mol. The quantitative estimate of drug-likeness (QED) is 0.251. The van der Waals surface area contributed by atoms with Gasteiger partial charge in [-0.1, -0.05) is 105 Å². The molecule has 1 fully saturated rings. The van der Waals surface area contributed by atoms with Crippen LogP contribution in [-0.4, -0.2) is 27.3 Å². The third kappa shape index (κ3) is 6.54. The van der Waals surface area contributed by atoms with E-state index in [4.69, 9.17) is 0 Å². The molecule has 0 radical (unpaired) electrons. The van der Waals surface area contributed by atoms with Gasteiger partial charge in [0.2, 0.25) is 5.91 Å². The first-order valence-electron chi connectivity index (χ1n) is 12.8. The van der Waals surface area contributed by atoms with Crippen LogP contribution in [0.5, 0.6) is 0 Å². The summed E-state index contributed by atoms with van der Waals surface area (Å²) in [5.74, 6) is 3.27. The molecule has 35 heavy (non-hydrogen) atoms. The lowest BCUT2D eigenvalue weighted by molar-refractivity contribution is -0.132. The van der Waals surface area contributed by atoms with Crippen molar-refractivity contribution in [2.24, 2.45) is 5.92 Å². The minimum atomic E-state index is 0.0547. The van der Waals surface area contributed by atoms with Crippen molar-refractivity contribution in [1.82, 2.24) is 4.90 Å². The number of likely N-dealkylation sites (tertiary alicyclic amines) is 1. The molecule has 3 aromatic rings. The van der Waals surface area contributed by atoms with E-state index in [1.807, 2.05) is 17.8 Å². The van der Waals surface area contributed by atoms with E-state index in [2.05, 4.69) is 115 Å². The van der Waals surface area contributed by atoms with Crippen molar-refractivity contribution in [1.29, 1.82) is 0 Å². The Morgan fingerprint density at radius 2 is 1.29 bits per heavy atom. The summed E-state index contributed by atoms with van der Waals surface area (Å²) in [5, 5.41) is 0. The number of hydrogen-bond acceptors (Lipinski definition) is 3. The molecule has 4 heteroatoms. The maximum absolute atomic E-state index is 13.8. The molecule has 0 spiro atoms. The second-order valence-electron chi connectivity index (χ2n) is 9.45. The monoisotopic (exact) mass is 503 g/mol. The normalized spacial score (nSPS) is 18.2. The molecule has 184 valence electrons. The number of hydrogen-bond donors (Lipinski definition) is 0. The molecule has 1 aliphatic heterocycles. The summed E-state index contributed by atoms with van der Waals surface area (Å²) < 4.78 is 0.0547. The molecule has 1 heterocycles. The molecule has 2 unspecified atom stereocenters. The summed E-state index contributed by atoms with van der Waals surface area (Å²) in [6.07, 6.45) is 3.08. The van der Waals surface area contributed by atoms with Crippen LogP contribution in [0.4, 0.5) is 0 Å². The molecule has 4 rings (SSSR count). The van der Waals surface area contributed by atoms with Gasteiger partial charge in [-0.3, -0.25) is 4.79 Å². The zero-order chi connectivity index (χ0) is 24.5. The first kappa shape index (κ1) is 25.9. The van der Waals surface area contributed by atoms with Crippen molar-refractivity contribution >= 4 is 29.4 Å². The zero-order valence-electron chi connectivity index (χ0n) is 20.9. The van der Waals surface area contributed by atoms with E-state index in [0.717, 1.165) is 36.5 Å². The Hall–Kier alpha value is -2.17. The molecule has 0 aromatic heterocycles. The van der Waals surface area contributed by atoms with Gasteiger partial charge in [-0.05, 0) is 36.0 Å². The highest BCUT2D eigenvalue weighted by atomic mass is 32.2. The Morgan fingerprint density at radius 3 is 1.83 bits per heavy atom. The highest BCUT2D eigenvalue weighted by Crippen LogP contribution is 2.46. The maximum Gasteiger partial charge on any atom is 0.227 e. The van der Waals surface area contributed by atoms with Crippen molar-refractivity contribution in [3.8, 4) is 0 Å². The van der Waals surface area contributed by atoms with Gasteiger partial charge in [-0.15, -0.1) is 11.8 Å². The van der Waals surface area contributed by atoms with Crippen LogP contribution in [-0.2, 0) is 22.8 Å². The smallest absolute Gasteiger partial charge is 0.227 e. The Morgan fingerprint density at radius 1 is 0.771 bits per heavy atom. The molecule has 1 amide bonds. The summed E-state index contributed by atoms with van der Waals surface area (Å²) in [4.78, 5) is 16.0. The molecule has 0 bridgehead atoms. The fourth-order valence-electron chi connectivity index (χ4n) is 5.21. The van der Waals surface area contributed by atoms with Crippen LogP contribution in [0, 0.1) is 5.92 Å². The van der Waals surface area contributed by atoms with Crippen molar-refractivity contribution in [2.75, 3.05) is 5.75 Å². The molecule has 2 atom stereocenters. The number of carbonyl (C=O) groups is 1. The first-order chi connectivity index (χ1) is 17.1. The third-order valence-corrected chi connectivity index (χ3v) is 10.4. The van der Waals surface area contributed by atoms with E-state index in [0.29, 0.717) is 12.5 Å². The Balaban J connectivity index is 1.53. The van der Waals surface area contributed by atoms with Crippen LogP contribution < -0.4 is 0 Å². The fourth-order valence-corrected chi connectivity index (χ4v) is 7.79. The van der Waals surface area contributed by atoms with E-state index in [-0.39, 0.29) is 16.7 Å². The van der Waals surface area contributed by atoms with Gasteiger partial charge in [0.1, 0.15) is 0 Å². The molecule has 0 saturated carbocycles. The molecule has 1 aliphatic rings. The van der Waals surface area contributed by atoms with Crippen LogP contribution in [0.1, 0.15) is 49.8 Å². The van der Waals surface area contributed by atoms with Crippen molar-refractivity contribution in [3.63, 3.8) is 0 Å². The summed E-state index contributed by atoms with van der Waals surface area (Å²) >= 11 is 3.96. The van der Waals surface area contributed by atoms with Crippen molar-refractivity contribution < 1.29 is 4.79 Å². The van der Waals surface area contributed by atoms with Crippen LogP contribution in [0.15, 0.2) is 91.0 Å². The summed E-state index contributed by atoms with van der Waals surface area (Å²) in [6, 6.07) is 32.1. The minimum absolute atomic E-state index is 0.0547.